The fraction of sp³-hybridized carbons (Fsp3) is 0.304. The molecule has 4 bridgehead atoms. The van der Waals surface area contributed by atoms with Gasteiger partial charge in [-0.1, -0.05) is 6.92 Å². The average molecular weight is 531 g/mol. The van der Waals surface area contributed by atoms with Crippen molar-refractivity contribution >= 4 is 64.0 Å². The lowest BCUT2D eigenvalue weighted by molar-refractivity contribution is 0.0636. The van der Waals surface area contributed by atoms with Crippen LogP contribution < -0.4 is 5.09 Å². The monoisotopic (exact) mass is 530 g/mol. The molecule has 0 fully saturated rings. The number of imide groups is 2. The number of furan rings is 4. The third kappa shape index (κ3) is 3.24. The second-order valence-electron chi connectivity index (χ2n) is 8.66. The highest BCUT2D eigenvalue weighted by atomic mass is 35.7. The predicted octanol–water partition coefficient (Wildman–Crippen LogP) is 3.60. The Hall–Kier alpha value is -3.24. The van der Waals surface area contributed by atoms with Crippen LogP contribution in [-0.2, 0) is 4.57 Å². The van der Waals surface area contributed by atoms with Crippen molar-refractivity contribution in [3.05, 3.63) is 46.5 Å². The van der Waals surface area contributed by atoms with Gasteiger partial charge in [-0.15, -0.1) is 0 Å². The van der Waals surface area contributed by atoms with E-state index in [1.807, 2.05) is 0 Å². The molecule has 186 valence electrons. The highest BCUT2D eigenvalue weighted by molar-refractivity contribution is 7.85. The van der Waals surface area contributed by atoms with E-state index in [0.29, 0.717) is 46.4 Å². The van der Waals surface area contributed by atoms with Crippen LogP contribution in [0.25, 0.3) is 22.3 Å². The molecule has 0 radical (unpaired) electrons. The van der Waals surface area contributed by atoms with Gasteiger partial charge >= 0.3 is 6.80 Å². The first kappa shape index (κ1) is 23.2. The lowest BCUT2D eigenvalue weighted by atomic mass is 10.1. The zero-order valence-corrected chi connectivity index (χ0v) is 20.7. The van der Waals surface area contributed by atoms with Crippen molar-refractivity contribution < 1.29 is 32.6 Å². The molecule has 4 amide bonds. The summed E-state index contributed by atoms with van der Waals surface area (Å²) in [4.78, 5) is 52.9. The maximum Gasteiger partial charge on any atom is 0.301 e. The summed E-state index contributed by atoms with van der Waals surface area (Å²) in [5.74, 6) is -1.70. The Balaban J connectivity index is 1.03. The first-order valence-electron chi connectivity index (χ1n) is 11.4. The van der Waals surface area contributed by atoms with Crippen LogP contribution in [0.5, 0.6) is 0 Å². The first-order chi connectivity index (χ1) is 17.2. The highest BCUT2D eigenvalue weighted by Gasteiger charge is 2.43. The molecule has 0 spiro atoms. The van der Waals surface area contributed by atoms with Crippen LogP contribution in [-0.4, -0.2) is 70.8 Å². The number of nitrogens with zero attached hydrogens (tertiary/aromatic N) is 3. The number of rotatable bonds is 10. The summed E-state index contributed by atoms with van der Waals surface area (Å²) in [6.45, 7) is -1.01. The third-order valence-corrected chi connectivity index (χ3v) is 9.53. The lowest BCUT2D eigenvalue weighted by Crippen LogP contribution is -2.37. The predicted molar refractivity (Wildman–Crippen MR) is 129 cm³/mol. The molecule has 0 aliphatic carbocycles. The molecule has 11 nitrogen and oxygen atoms in total. The second-order valence-corrected chi connectivity index (χ2v) is 11.9. The van der Waals surface area contributed by atoms with Crippen molar-refractivity contribution in [2.45, 2.75) is 13.3 Å². The summed E-state index contributed by atoms with van der Waals surface area (Å²) in [6, 6.07) is 6.62. The Bertz CT molecular complexity index is 1500. The maximum atomic E-state index is 13.2. The zero-order valence-electron chi connectivity index (χ0n) is 19.1. The summed E-state index contributed by atoms with van der Waals surface area (Å²) in [7, 11) is 0. The number of amides is 4. The van der Waals surface area contributed by atoms with E-state index in [-0.39, 0.29) is 37.3 Å². The molecule has 6 heterocycles. The minimum Gasteiger partial charge on any atom is -0.456 e. The van der Waals surface area contributed by atoms with E-state index in [2.05, 4.69) is 5.09 Å². The summed E-state index contributed by atoms with van der Waals surface area (Å²) >= 11 is 6.34. The maximum absolute atomic E-state index is 13.2. The van der Waals surface area contributed by atoms with Gasteiger partial charge in [0.2, 0.25) is 0 Å². The number of benzene rings is 2. The number of carbonyl (C=O) groups is 4. The number of halogens is 1. The molecule has 0 aromatic carbocycles. The Morgan fingerprint density at radius 3 is 1.64 bits per heavy atom. The van der Waals surface area contributed by atoms with Crippen molar-refractivity contribution in [3.63, 3.8) is 0 Å². The van der Waals surface area contributed by atoms with Crippen molar-refractivity contribution in [3.8, 4) is 0 Å². The van der Waals surface area contributed by atoms with Crippen LogP contribution in [0, 0.1) is 0 Å². The molecule has 1 unspecified atom stereocenters. The summed E-state index contributed by atoms with van der Waals surface area (Å²) < 4.78 is 25.5. The van der Waals surface area contributed by atoms with Gasteiger partial charge in [0.05, 0.1) is 22.3 Å². The minimum absolute atomic E-state index is 0.0126. The molecule has 13 heteroatoms. The first-order valence-corrected chi connectivity index (χ1v) is 14.0. The Kier molecular flexibility index (Phi) is 5.24. The van der Waals surface area contributed by atoms with E-state index in [9.17, 15) is 23.7 Å². The molecule has 2 aliphatic heterocycles. The van der Waals surface area contributed by atoms with E-state index in [1.54, 1.807) is 31.2 Å². The number of hydrogen-bond acceptors (Lipinski definition) is 7. The second kappa shape index (κ2) is 8.14. The van der Waals surface area contributed by atoms with Gasteiger partial charge in [-0.2, -0.15) is 0 Å². The van der Waals surface area contributed by atoms with E-state index in [0.717, 1.165) is 4.90 Å². The molecule has 4 aromatic rings. The van der Waals surface area contributed by atoms with Gasteiger partial charge in [0.25, 0.3) is 23.6 Å². The molecule has 1 N–H and O–H groups in total. The Morgan fingerprint density at radius 1 is 0.806 bits per heavy atom. The van der Waals surface area contributed by atoms with Crippen LogP contribution in [0.2, 0.25) is 0 Å². The largest absolute Gasteiger partial charge is 0.456 e. The number of nitrogens with one attached hydrogen (secondary N) is 1. The molecule has 36 heavy (non-hydrogen) atoms. The van der Waals surface area contributed by atoms with E-state index in [1.165, 1.54) is 9.57 Å². The molecule has 0 saturated heterocycles. The van der Waals surface area contributed by atoms with Crippen LogP contribution in [0.4, 0.5) is 0 Å². The van der Waals surface area contributed by atoms with Crippen molar-refractivity contribution in [2.24, 2.45) is 0 Å². The fourth-order valence-corrected chi connectivity index (χ4v) is 7.10. The summed E-state index contributed by atoms with van der Waals surface area (Å²) in [5, 5.41) is 2.76. The van der Waals surface area contributed by atoms with Crippen molar-refractivity contribution in [2.75, 3.05) is 32.7 Å². The lowest BCUT2D eigenvalue weighted by Gasteiger charge is -2.27. The topological polar surface area (TPSA) is 133 Å². The molecule has 0 saturated carbocycles. The number of hydrogen-bond donors (Lipinski definition) is 1. The fourth-order valence-electron chi connectivity index (χ4n) is 4.97. The van der Waals surface area contributed by atoms with Crippen LogP contribution in [0.3, 0.4) is 0 Å². The molecule has 6 rings (SSSR count). The SMILES string of the molecule is CCN(CCCN1C(=O)c2c(c3ccc2o3)C1=O)P(=O)(Cl)NCCN1C(=O)c2c(c3ccc2o3)C1=O. The number of fused-ring (bicyclic) bond motifs is 10. The van der Waals surface area contributed by atoms with Gasteiger partial charge in [0, 0.05) is 32.7 Å². The number of carbonyl (C=O) groups excluding carboxylic acids is 4. The molecule has 2 aliphatic rings. The molecular weight excluding hydrogens is 511 g/mol. The van der Waals surface area contributed by atoms with Crippen molar-refractivity contribution in [1.82, 2.24) is 19.6 Å². The van der Waals surface area contributed by atoms with Crippen molar-refractivity contribution in [1.29, 1.82) is 0 Å². The van der Waals surface area contributed by atoms with Crippen LogP contribution in [0.15, 0.2) is 33.1 Å². The van der Waals surface area contributed by atoms with Gasteiger partial charge < -0.3 is 8.83 Å². The van der Waals surface area contributed by atoms with E-state index >= 15 is 0 Å². The van der Waals surface area contributed by atoms with E-state index < -0.39 is 30.4 Å². The minimum atomic E-state index is -3.55. The Morgan fingerprint density at radius 2 is 1.22 bits per heavy atom. The highest BCUT2D eigenvalue weighted by Crippen LogP contribution is 2.50. The standard InChI is InChI=1S/C23H20ClN4O7P/c1-2-26(9-3-10-27-20(29)16-12-4-5-13(34-12)17(16)21(27)30)36(24,33)25-8-11-28-22(31)18-14-6-7-15(35-14)19(18)23(28)32/h4-7H,2-3,8-11H2,1H3,(H,25,33). The summed E-state index contributed by atoms with van der Waals surface area (Å²) in [5.41, 5.74) is 2.67. The van der Waals surface area contributed by atoms with Gasteiger partial charge in [0.1, 0.15) is 22.3 Å². The quantitative estimate of drug-likeness (QED) is 0.241. The zero-order chi connectivity index (χ0) is 25.4. The van der Waals surface area contributed by atoms with E-state index in [4.69, 9.17) is 20.1 Å². The van der Waals surface area contributed by atoms with Gasteiger partial charge in [-0.25, -0.2) is 9.76 Å². The van der Waals surface area contributed by atoms with Gasteiger partial charge in [0.15, 0.2) is 0 Å². The Labute approximate surface area is 208 Å². The normalized spacial score (nSPS) is 17.5. The van der Waals surface area contributed by atoms with Gasteiger partial charge in [-0.05, 0) is 41.9 Å². The van der Waals surface area contributed by atoms with Crippen LogP contribution in [0.1, 0.15) is 54.8 Å². The average Bonchev–Trinajstić information content (AvgIpc) is 3.68. The van der Waals surface area contributed by atoms with Crippen LogP contribution >= 0.6 is 18.0 Å². The molecule has 1 atom stereocenters. The molecule has 4 aromatic heterocycles. The van der Waals surface area contributed by atoms with Gasteiger partial charge in [-0.3, -0.25) is 33.5 Å². The third-order valence-electron chi connectivity index (χ3n) is 6.70. The smallest absolute Gasteiger partial charge is 0.301 e. The summed E-state index contributed by atoms with van der Waals surface area (Å²) in [6.07, 6.45) is 0.354. The molecular formula is C23H20ClN4O7P.